The Morgan fingerprint density at radius 3 is 2.55 bits per heavy atom. The number of carbonyl (C=O) groups excluding carboxylic acids is 2. The summed E-state index contributed by atoms with van der Waals surface area (Å²) in [5.41, 5.74) is 3.29. The molecule has 1 heterocycles. The number of hydrogen-bond donors (Lipinski definition) is 3. The van der Waals surface area contributed by atoms with Crippen LogP contribution in [-0.4, -0.2) is 31.3 Å². The van der Waals surface area contributed by atoms with Crippen molar-refractivity contribution in [1.29, 1.82) is 0 Å². The molecule has 0 bridgehead atoms. The molecule has 3 aromatic rings. The maximum absolute atomic E-state index is 12.5. The summed E-state index contributed by atoms with van der Waals surface area (Å²) in [7, 11) is 0. The monoisotopic (exact) mass is 455 g/mol. The third-order valence-corrected chi connectivity index (χ3v) is 5.84. The lowest BCUT2D eigenvalue weighted by molar-refractivity contribution is -0.115. The van der Waals surface area contributed by atoms with E-state index in [-0.39, 0.29) is 18.9 Å². The second-order valence-electron chi connectivity index (χ2n) is 6.55. The third-order valence-electron chi connectivity index (χ3n) is 4.30. The minimum Gasteiger partial charge on any atom is -0.462 e. The number of anilines is 3. The van der Waals surface area contributed by atoms with Gasteiger partial charge in [-0.15, -0.1) is 11.3 Å². The average Bonchev–Trinajstić information content (AvgIpc) is 3.19. The maximum atomic E-state index is 12.5. The van der Waals surface area contributed by atoms with Crippen molar-refractivity contribution in [3.05, 3.63) is 66.2 Å². The van der Waals surface area contributed by atoms with Crippen LogP contribution < -0.4 is 15.4 Å². The van der Waals surface area contributed by atoms with Gasteiger partial charge in [0.2, 0.25) is 5.91 Å². The fourth-order valence-corrected chi connectivity index (χ4v) is 4.34. The molecule has 0 aliphatic rings. The van der Waals surface area contributed by atoms with Crippen molar-refractivity contribution in [2.75, 3.05) is 34.8 Å². The van der Waals surface area contributed by atoms with Gasteiger partial charge in [0.25, 0.3) is 0 Å². The average molecular weight is 456 g/mol. The van der Waals surface area contributed by atoms with Crippen LogP contribution in [0.2, 0.25) is 0 Å². The Morgan fingerprint density at radius 1 is 1.03 bits per heavy atom. The molecule has 3 rings (SSSR count). The van der Waals surface area contributed by atoms with Crippen LogP contribution in [0.15, 0.2) is 60.7 Å². The Labute approximate surface area is 190 Å². The second kappa shape index (κ2) is 11.4. The molecule has 6 nitrogen and oxygen atoms in total. The highest BCUT2D eigenvalue weighted by Gasteiger charge is 2.19. The normalized spacial score (nSPS) is 10.4. The second-order valence-corrected chi connectivity index (χ2v) is 8.22. The van der Waals surface area contributed by atoms with Crippen molar-refractivity contribution in [3.8, 4) is 10.4 Å². The molecule has 0 aliphatic carbocycles. The number of carbonyl (C=O) groups is 2. The molecule has 0 saturated heterocycles. The Kier molecular flexibility index (Phi) is 8.37. The van der Waals surface area contributed by atoms with Gasteiger partial charge in [0, 0.05) is 35.5 Å². The zero-order valence-electron chi connectivity index (χ0n) is 17.4. The van der Waals surface area contributed by atoms with Crippen molar-refractivity contribution >= 4 is 51.5 Å². The molecule has 0 unspecified atom stereocenters. The van der Waals surface area contributed by atoms with E-state index in [4.69, 9.17) is 4.74 Å². The highest BCUT2D eigenvalue weighted by molar-refractivity contribution is 7.99. The van der Waals surface area contributed by atoms with E-state index in [1.807, 2.05) is 60.9 Å². The van der Waals surface area contributed by atoms with Crippen LogP contribution in [0.3, 0.4) is 0 Å². The van der Waals surface area contributed by atoms with Gasteiger partial charge in [-0.3, -0.25) is 4.79 Å². The molecular weight excluding hydrogens is 430 g/mol. The highest BCUT2D eigenvalue weighted by atomic mass is 32.2. The Morgan fingerprint density at radius 2 is 1.81 bits per heavy atom. The first-order valence-electron chi connectivity index (χ1n) is 9.90. The van der Waals surface area contributed by atoms with Gasteiger partial charge in [-0.2, -0.15) is 0 Å². The summed E-state index contributed by atoms with van der Waals surface area (Å²) in [4.78, 5) is 25.8. The predicted octanol–water partition coefficient (Wildman–Crippen LogP) is 5.72. The molecular formula is C23H25N3O3S2. The van der Waals surface area contributed by atoms with Crippen molar-refractivity contribution in [2.24, 2.45) is 0 Å². The molecule has 8 heteroatoms. The number of benzene rings is 2. The van der Waals surface area contributed by atoms with Gasteiger partial charge in [0.15, 0.2) is 0 Å². The quantitative estimate of drug-likeness (QED) is 0.268. The highest BCUT2D eigenvalue weighted by Crippen LogP contribution is 2.36. The summed E-state index contributed by atoms with van der Waals surface area (Å²) in [5.74, 6) is -0.606. The molecule has 1 amide bonds. The zero-order valence-corrected chi connectivity index (χ0v) is 19.1. The fourth-order valence-electron chi connectivity index (χ4n) is 2.91. The van der Waals surface area contributed by atoms with Crippen molar-refractivity contribution < 1.29 is 14.3 Å². The van der Waals surface area contributed by atoms with Gasteiger partial charge in [0.05, 0.1) is 12.2 Å². The number of esters is 1. The minimum atomic E-state index is -0.438. The summed E-state index contributed by atoms with van der Waals surface area (Å²) < 4.78 is 8.34. The topological polar surface area (TPSA) is 79.5 Å². The summed E-state index contributed by atoms with van der Waals surface area (Å²) in [6.07, 6.45) is 2.23. The first kappa shape index (κ1) is 22.7. The van der Waals surface area contributed by atoms with E-state index in [1.54, 1.807) is 13.0 Å². The largest absolute Gasteiger partial charge is 0.462 e. The first-order valence-corrected chi connectivity index (χ1v) is 11.9. The van der Waals surface area contributed by atoms with E-state index in [1.165, 1.54) is 23.3 Å². The van der Waals surface area contributed by atoms with Crippen LogP contribution >= 0.6 is 23.3 Å². The lowest BCUT2D eigenvalue weighted by atomic mass is 10.1. The van der Waals surface area contributed by atoms with Gasteiger partial charge >= 0.3 is 5.97 Å². The third kappa shape index (κ3) is 6.50. The Bertz CT molecular complexity index is 1020. The standard InChI is InChI=1S/C23H25N3O3S2/c1-3-29-23(28)19-15-20(16-8-5-4-6-9-16)31-22(19)25-21(27)12-13-24-17-10-7-11-18(14-17)26-30-2/h4-11,14-15,24,26H,3,12-13H2,1-2H3,(H,25,27). The molecule has 162 valence electrons. The molecule has 0 aliphatic heterocycles. The first-order chi connectivity index (χ1) is 15.1. The minimum absolute atomic E-state index is 0.169. The fraction of sp³-hybridized carbons (Fsp3) is 0.217. The van der Waals surface area contributed by atoms with Crippen LogP contribution in [0.4, 0.5) is 16.4 Å². The van der Waals surface area contributed by atoms with Gasteiger partial charge in [-0.1, -0.05) is 48.3 Å². The summed E-state index contributed by atoms with van der Waals surface area (Å²) in [5, 5.41) is 6.64. The lowest BCUT2D eigenvalue weighted by Gasteiger charge is -2.09. The number of rotatable bonds is 10. The zero-order chi connectivity index (χ0) is 22.1. The van der Waals surface area contributed by atoms with E-state index < -0.39 is 5.97 Å². The molecule has 31 heavy (non-hydrogen) atoms. The molecule has 0 atom stereocenters. The van der Waals surface area contributed by atoms with Gasteiger partial charge in [-0.05, 0) is 36.8 Å². The van der Waals surface area contributed by atoms with Crippen molar-refractivity contribution in [1.82, 2.24) is 0 Å². The molecule has 0 radical (unpaired) electrons. The number of hydrogen-bond acceptors (Lipinski definition) is 7. The van der Waals surface area contributed by atoms with E-state index in [2.05, 4.69) is 15.4 Å². The van der Waals surface area contributed by atoms with Crippen molar-refractivity contribution in [2.45, 2.75) is 13.3 Å². The summed E-state index contributed by atoms with van der Waals surface area (Å²) in [6, 6.07) is 19.4. The number of ether oxygens (including phenoxy) is 1. The van der Waals surface area contributed by atoms with Crippen LogP contribution in [0.5, 0.6) is 0 Å². The van der Waals surface area contributed by atoms with E-state index in [9.17, 15) is 9.59 Å². The number of nitrogens with one attached hydrogen (secondary N) is 3. The van der Waals surface area contributed by atoms with Crippen LogP contribution in [0, 0.1) is 0 Å². The van der Waals surface area contributed by atoms with Crippen molar-refractivity contribution in [3.63, 3.8) is 0 Å². The smallest absolute Gasteiger partial charge is 0.341 e. The molecule has 0 fully saturated rings. The summed E-state index contributed by atoms with van der Waals surface area (Å²) in [6.45, 7) is 2.51. The maximum Gasteiger partial charge on any atom is 0.341 e. The number of amides is 1. The Balaban J connectivity index is 1.65. The van der Waals surface area contributed by atoms with Crippen LogP contribution in [0.25, 0.3) is 10.4 Å². The lowest BCUT2D eigenvalue weighted by Crippen LogP contribution is -2.17. The van der Waals surface area contributed by atoms with Gasteiger partial charge in [0.1, 0.15) is 5.00 Å². The molecule has 0 spiro atoms. The molecule has 0 saturated carbocycles. The van der Waals surface area contributed by atoms with Crippen LogP contribution in [0.1, 0.15) is 23.7 Å². The van der Waals surface area contributed by atoms with E-state index in [0.29, 0.717) is 17.1 Å². The van der Waals surface area contributed by atoms with Gasteiger partial charge in [-0.25, -0.2) is 4.79 Å². The Hall–Kier alpha value is -2.97. The summed E-state index contributed by atoms with van der Waals surface area (Å²) >= 11 is 2.89. The van der Waals surface area contributed by atoms with Crippen LogP contribution in [-0.2, 0) is 9.53 Å². The van der Waals surface area contributed by atoms with E-state index in [0.717, 1.165) is 21.8 Å². The molecule has 3 N–H and O–H groups in total. The SMILES string of the molecule is CCOC(=O)c1cc(-c2ccccc2)sc1NC(=O)CCNc1cccc(NSC)c1. The molecule has 1 aromatic heterocycles. The van der Waals surface area contributed by atoms with E-state index >= 15 is 0 Å². The predicted molar refractivity (Wildman–Crippen MR) is 131 cm³/mol. The number of thiophene rings is 1. The molecule has 2 aromatic carbocycles. The van der Waals surface area contributed by atoms with Gasteiger partial charge < -0.3 is 20.1 Å².